The lowest BCUT2D eigenvalue weighted by Gasteiger charge is -2.39. The maximum Gasteiger partial charge on any atom is 0.223 e. The van der Waals surface area contributed by atoms with Crippen molar-refractivity contribution in [2.45, 2.75) is 82.8 Å². The van der Waals surface area contributed by atoms with Gasteiger partial charge in [-0.05, 0) is 49.8 Å². The highest BCUT2D eigenvalue weighted by molar-refractivity contribution is 6.30. The van der Waals surface area contributed by atoms with Crippen LogP contribution in [0.25, 0.3) is 0 Å². The van der Waals surface area contributed by atoms with Crippen molar-refractivity contribution in [3.63, 3.8) is 0 Å². The normalized spacial score (nSPS) is 24.6. The molecule has 2 aliphatic heterocycles. The molecule has 1 aromatic heterocycles. The zero-order valence-electron chi connectivity index (χ0n) is 16.9. The van der Waals surface area contributed by atoms with Crippen LogP contribution in [0.3, 0.4) is 0 Å². The second-order valence-electron chi connectivity index (χ2n) is 9.27. The van der Waals surface area contributed by atoms with Crippen LogP contribution in [0.4, 0.5) is 0 Å². The monoisotopic (exact) mass is 400 g/mol. The summed E-state index contributed by atoms with van der Waals surface area (Å²) in [7, 11) is 0. The van der Waals surface area contributed by atoms with Gasteiger partial charge in [0.05, 0.1) is 11.7 Å². The molecule has 1 amide bonds. The number of carbonyl (C=O) groups excluding carboxylic acids is 1. The summed E-state index contributed by atoms with van der Waals surface area (Å²) in [6, 6.07) is 8.81. The third kappa shape index (κ3) is 3.95. The van der Waals surface area contributed by atoms with E-state index in [1.54, 1.807) is 0 Å². The smallest absolute Gasteiger partial charge is 0.223 e. The van der Waals surface area contributed by atoms with Gasteiger partial charge in [0.2, 0.25) is 5.91 Å². The molecule has 0 radical (unpaired) electrons. The fourth-order valence-electron chi connectivity index (χ4n) is 4.64. The summed E-state index contributed by atoms with van der Waals surface area (Å²) in [5.41, 5.74) is 2.16. The number of rotatable bonds is 4. The largest absolute Gasteiger partial charge is 0.337 e. The zero-order valence-corrected chi connectivity index (χ0v) is 17.7. The summed E-state index contributed by atoms with van der Waals surface area (Å²) in [5, 5.41) is 9.52. The zero-order chi connectivity index (χ0) is 19.9. The van der Waals surface area contributed by atoms with Gasteiger partial charge < -0.3 is 4.90 Å². The SMILES string of the molecule is CC(C)(C)c1cn(C2CC3CCC(C2)N3C(=O)CCc2cccc(Cl)c2)nn1. The van der Waals surface area contributed by atoms with Gasteiger partial charge in [-0.3, -0.25) is 4.79 Å². The van der Waals surface area contributed by atoms with Crippen molar-refractivity contribution in [1.29, 1.82) is 0 Å². The Balaban J connectivity index is 1.39. The van der Waals surface area contributed by atoms with Crippen LogP contribution in [0, 0.1) is 0 Å². The van der Waals surface area contributed by atoms with Crippen molar-refractivity contribution in [3.8, 4) is 0 Å². The van der Waals surface area contributed by atoms with E-state index in [2.05, 4.69) is 42.2 Å². The average molecular weight is 401 g/mol. The molecule has 150 valence electrons. The van der Waals surface area contributed by atoms with Crippen LogP contribution in [0.15, 0.2) is 30.5 Å². The number of hydrogen-bond acceptors (Lipinski definition) is 3. The fourth-order valence-corrected chi connectivity index (χ4v) is 4.86. The molecular weight excluding hydrogens is 372 g/mol. The maximum absolute atomic E-state index is 13.0. The number of aromatic nitrogens is 3. The number of piperidine rings is 1. The molecule has 3 heterocycles. The molecule has 5 nitrogen and oxygen atoms in total. The van der Waals surface area contributed by atoms with Crippen LogP contribution in [-0.2, 0) is 16.6 Å². The number of amides is 1. The quantitative estimate of drug-likeness (QED) is 0.756. The first-order valence-electron chi connectivity index (χ1n) is 10.3. The number of hydrogen-bond donors (Lipinski definition) is 0. The molecule has 2 saturated heterocycles. The fraction of sp³-hybridized carbons (Fsp3) is 0.591. The van der Waals surface area contributed by atoms with Gasteiger partial charge in [0.15, 0.2) is 0 Å². The summed E-state index contributed by atoms with van der Waals surface area (Å²) in [5.74, 6) is 0.278. The highest BCUT2D eigenvalue weighted by Crippen LogP contribution is 2.41. The first-order chi connectivity index (χ1) is 13.3. The van der Waals surface area contributed by atoms with E-state index in [4.69, 9.17) is 11.6 Å². The van der Waals surface area contributed by atoms with Crippen molar-refractivity contribution in [2.24, 2.45) is 0 Å². The predicted octanol–water partition coefficient (Wildman–Crippen LogP) is 4.56. The summed E-state index contributed by atoms with van der Waals surface area (Å²) in [4.78, 5) is 15.1. The molecule has 2 fully saturated rings. The molecular formula is C22H29ClN4O. The molecule has 2 unspecified atom stereocenters. The first kappa shape index (κ1) is 19.4. The van der Waals surface area contributed by atoms with E-state index >= 15 is 0 Å². The Morgan fingerprint density at radius 2 is 1.89 bits per heavy atom. The van der Waals surface area contributed by atoms with Gasteiger partial charge in [-0.15, -0.1) is 5.10 Å². The van der Waals surface area contributed by atoms with Crippen LogP contribution in [0.2, 0.25) is 5.02 Å². The van der Waals surface area contributed by atoms with Gasteiger partial charge in [0.25, 0.3) is 0 Å². The highest BCUT2D eigenvalue weighted by Gasteiger charge is 2.43. The molecule has 6 heteroatoms. The number of nitrogens with zero attached hydrogens (tertiary/aromatic N) is 4. The van der Waals surface area contributed by atoms with E-state index in [9.17, 15) is 4.79 Å². The molecule has 1 aromatic carbocycles. The molecule has 2 atom stereocenters. The van der Waals surface area contributed by atoms with Crippen LogP contribution >= 0.6 is 11.6 Å². The van der Waals surface area contributed by atoms with Crippen LogP contribution in [0.1, 0.15) is 70.2 Å². The van der Waals surface area contributed by atoms with Crippen LogP contribution in [0.5, 0.6) is 0 Å². The first-order valence-corrected chi connectivity index (χ1v) is 10.7. The summed E-state index contributed by atoms with van der Waals surface area (Å²) in [6.45, 7) is 6.48. The Hall–Kier alpha value is -1.88. The third-order valence-corrected chi connectivity index (χ3v) is 6.40. The third-order valence-electron chi connectivity index (χ3n) is 6.17. The molecule has 2 aromatic rings. The van der Waals surface area contributed by atoms with E-state index in [1.807, 2.05) is 28.9 Å². The lowest BCUT2D eigenvalue weighted by Crippen LogP contribution is -2.47. The van der Waals surface area contributed by atoms with Gasteiger partial charge >= 0.3 is 0 Å². The molecule has 0 N–H and O–H groups in total. The number of aryl methyl sites for hydroxylation is 1. The van der Waals surface area contributed by atoms with E-state index in [-0.39, 0.29) is 11.3 Å². The molecule has 0 aliphatic carbocycles. The second-order valence-corrected chi connectivity index (χ2v) is 9.71. The Kier molecular flexibility index (Phi) is 5.21. The molecule has 28 heavy (non-hydrogen) atoms. The Labute approximate surface area is 172 Å². The second kappa shape index (κ2) is 7.51. The minimum atomic E-state index is 0.00817. The number of fused-ring (bicyclic) bond motifs is 2. The van der Waals surface area contributed by atoms with Gasteiger partial charge in [-0.2, -0.15) is 0 Å². The van der Waals surface area contributed by atoms with Crippen molar-refractivity contribution in [1.82, 2.24) is 19.9 Å². The summed E-state index contributed by atoms with van der Waals surface area (Å²) >= 11 is 6.06. The minimum absolute atomic E-state index is 0.00817. The molecule has 2 bridgehead atoms. The van der Waals surface area contributed by atoms with Crippen LogP contribution < -0.4 is 0 Å². The minimum Gasteiger partial charge on any atom is -0.337 e. The van der Waals surface area contributed by atoms with Gasteiger partial charge in [0, 0.05) is 35.1 Å². The summed E-state index contributed by atoms with van der Waals surface area (Å²) < 4.78 is 2.04. The average Bonchev–Trinajstić information content (AvgIpc) is 3.23. The Morgan fingerprint density at radius 1 is 1.18 bits per heavy atom. The van der Waals surface area contributed by atoms with E-state index < -0.39 is 0 Å². The number of halogens is 1. The van der Waals surface area contributed by atoms with Crippen LogP contribution in [-0.4, -0.2) is 37.9 Å². The Bertz CT molecular complexity index is 842. The molecule has 0 spiro atoms. The van der Waals surface area contributed by atoms with Crippen molar-refractivity contribution < 1.29 is 4.79 Å². The Morgan fingerprint density at radius 3 is 2.50 bits per heavy atom. The molecule has 4 rings (SSSR count). The molecule has 0 saturated carbocycles. The van der Waals surface area contributed by atoms with Crippen molar-refractivity contribution in [3.05, 3.63) is 46.7 Å². The topological polar surface area (TPSA) is 51.0 Å². The number of benzene rings is 1. The lowest BCUT2D eigenvalue weighted by atomic mass is 9.93. The number of carbonyl (C=O) groups is 1. The van der Waals surface area contributed by atoms with Gasteiger partial charge in [0.1, 0.15) is 0 Å². The van der Waals surface area contributed by atoms with Crippen molar-refractivity contribution in [2.75, 3.05) is 0 Å². The van der Waals surface area contributed by atoms with E-state index in [0.29, 0.717) is 24.5 Å². The van der Waals surface area contributed by atoms with Gasteiger partial charge in [-0.25, -0.2) is 4.68 Å². The predicted molar refractivity (Wildman–Crippen MR) is 110 cm³/mol. The highest BCUT2D eigenvalue weighted by atomic mass is 35.5. The maximum atomic E-state index is 13.0. The standard InChI is InChI=1S/C22H29ClN4O/c1-22(2,3)20-14-26(25-24-20)19-12-17-8-9-18(13-19)27(17)21(28)10-7-15-5-4-6-16(23)11-15/h4-6,11,14,17-19H,7-10,12-13H2,1-3H3. The van der Waals surface area contributed by atoms with Crippen molar-refractivity contribution >= 4 is 17.5 Å². The van der Waals surface area contributed by atoms with E-state index in [0.717, 1.165) is 48.4 Å². The summed E-state index contributed by atoms with van der Waals surface area (Å²) in [6.07, 6.45) is 7.56. The van der Waals surface area contributed by atoms with E-state index in [1.165, 1.54) is 0 Å². The molecule has 2 aliphatic rings. The lowest BCUT2D eigenvalue weighted by molar-refractivity contribution is -0.136. The van der Waals surface area contributed by atoms with Gasteiger partial charge in [-0.1, -0.05) is 49.7 Å².